The van der Waals surface area contributed by atoms with E-state index in [-0.39, 0.29) is 0 Å². The van der Waals surface area contributed by atoms with Gasteiger partial charge in [-0.2, -0.15) is 10.5 Å². The molecule has 4 aromatic carbocycles. The fourth-order valence-corrected chi connectivity index (χ4v) is 4.47. The molecule has 0 N–H and O–H groups in total. The van der Waals surface area contributed by atoms with Crippen LogP contribution in [0.2, 0.25) is 0 Å². The third-order valence-corrected chi connectivity index (χ3v) is 5.75. The second-order valence-electron chi connectivity index (χ2n) is 7.35. The van der Waals surface area contributed by atoms with Gasteiger partial charge in [-0.25, -0.2) is 9.35 Å². The van der Waals surface area contributed by atoms with Crippen LogP contribution in [0.1, 0.15) is 11.1 Å². The fraction of sp³-hybridized carbons (Fsp3) is 0. The number of para-hydroxylation sites is 2. The molecule has 4 nitrogen and oxygen atoms in total. The van der Waals surface area contributed by atoms with Crippen molar-refractivity contribution < 1.29 is 0 Å². The number of aromatic nitrogens is 2. The highest BCUT2D eigenvalue weighted by atomic mass is 15.5. The minimum Gasteiger partial charge on any atom is -0.248 e. The molecular weight excluding hydrogens is 368 g/mol. The van der Waals surface area contributed by atoms with E-state index in [1.165, 1.54) is 0 Å². The fourth-order valence-electron chi connectivity index (χ4n) is 4.47. The average Bonchev–Trinajstić information content (AvgIpc) is 3.30. The maximum absolute atomic E-state index is 9.50. The third kappa shape index (κ3) is 2.08. The molecule has 0 spiro atoms. The third-order valence-electron chi connectivity index (χ3n) is 5.75. The summed E-state index contributed by atoms with van der Waals surface area (Å²) in [6.07, 6.45) is 0. The van der Waals surface area contributed by atoms with Crippen LogP contribution in [-0.4, -0.2) is 9.35 Å². The molecule has 0 aliphatic carbocycles. The predicted octanol–water partition coefficient (Wildman–Crippen LogP) is 5.96. The summed E-state index contributed by atoms with van der Waals surface area (Å²) in [5.41, 5.74) is 5.25. The molecule has 4 heteroatoms. The van der Waals surface area contributed by atoms with Crippen molar-refractivity contribution in [3.8, 4) is 12.1 Å². The summed E-state index contributed by atoms with van der Waals surface area (Å²) in [5, 5.41) is 23.4. The summed E-state index contributed by atoms with van der Waals surface area (Å²) in [6.45, 7) is 0. The lowest BCUT2D eigenvalue weighted by Crippen LogP contribution is -2.08. The number of hydrogen-bond acceptors (Lipinski definition) is 2. The number of fused-ring (bicyclic) bond motifs is 6. The molecule has 0 amide bonds. The van der Waals surface area contributed by atoms with Crippen LogP contribution in [0.4, 0.5) is 0 Å². The number of benzene rings is 4. The van der Waals surface area contributed by atoms with Crippen molar-refractivity contribution in [3.63, 3.8) is 0 Å². The Morgan fingerprint density at radius 1 is 0.467 bits per heavy atom. The molecular formula is C26H14N4. The second kappa shape index (κ2) is 5.98. The molecule has 138 valence electrons. The minimum atomic E-state index is 0.616. The first-order valence-electron chi connectivity index (χ1n) is 9.67. The van der Waals surface area contributed by atoms with Crippen molar-refractivity contribution in [2.24, 2.45) is 0 Å². The molecule has 6 rings (SSSR count). The lowest BCUT2D eigenvalue weighted by Gasteiger charge is -2.13. The first-order chi connectivity index (χ1) is 14.8. The second-order valence-corrected chi connectivity index (χ2v) is 7.35. The monoisotopic (exact) mass is 382 g/mol. The normalized spacial score (nSPS) is 11.3. The Morgan fingerprint density at radius 2 is 0.867 bits per heavy atom. The van der Waals surface area contributed by atoms with E-state index in [0.29, 0.717) is 11.1 Å². The highest BCUT2D eigenvalue weighted by molar-refractivity contribution is 6.12. The van der Waals surface area contributed by atoms with Gasteiger partial charge >= 0.3 is 0 Å². The van der Waals surface area contributed by atoms with Crippen molar-refractivity contribution in [3.05, 3.63) is 96.1 Å². The molecule has 0 saturated carbocycles. The molecule has 0 aliphatic rings. The lowest BCUT2D eigenvalue weighted by molar-refractivity contribution is 0.774. The zero-order valence-corrected chi connectivity index (χ0v) is 15.9. The van der Waals surface area contributed by atoms with Gasteiger partial charge < -0.3 is 0 Å². The zero-order valence-electron chi connectivity index (χ0n) is 15.9. The Labute approximate surface area is 172 Å². The van der Waals surface area contributed by atoms with Crippen molar-refractivity contribution in [1.29, 1.82) is 10.5 Å². The standard InChI is InChI=1S/C26H14N4/c27-15-17-9-11-21-19-5-1-3-7-23(19)29(25(21)13-17)30-24-8-4-2-6-20(24)22-12-10-18(16-28)14-26(22)30/h1-14H. The number of hydrogen-bond donors (Lipinski definition) is 0. The van der Waals surface area contributed by atoms with E-state index < -0.39 is 0 Å². The first kappa shape index (κ1) is 16.4. The van der Waals surface area contributed by atoms with Crippen LogP contribution >= 0.6 is 0 Å². The van der Waals surface area contributed by atoms with Gasteiger partial charge in [0.25, 0.3) is 0 Å². The topological polar surface area (TPSA) is 57.4 Å². The molecule has 2 heterocycles. The lowest BCUT2D eigenvalue weighted by atomic mass is 10.1. The largest absolute Gasteiger partial charge is 0.248 e. The van der Waals surface area contributed by atoms with Gasteiger partial charge in [0.05, 0.1) is 45.3 Å². The summed E-state index contributed by atoms with van der Waals surface area (Å²) in [4.78, 5) is 0. The average molecular weight is 382 g/mol. The number of nitrogens with zero attached hydrogens (tertiary/aromatic N) is 4. The molecule has 0 atom stereocenters. The van der Waals surface area contributed by atoms with E-state index in [2.05, 4.69) is 45.8 Å². The highest BCUT2D eigenvalue weighted by Crippen LogP contribution is 2.35. The van der Waals surface area contributed by atoms with E-state index in [1.807, 2.05) is 60.7 Å². The minimum absolute atomic E-state index is 0.616. The van der Waals surface area contributed by atoms with Crippen molar-refractivity contribution in [2.75, 3.05) is 0 Å². The summed E-state index contributed by atoms with van der Waals surface area (Å²) >= 11 is 0. The summed E-state index contributed by atoms with van der Waals surface area (Å²) < 4.78 is 4.33. The van der Waals surface area contributed by atoms with E-state index in [1.54, 1.807) is 0 Å². The Hall–Kier alpha value is -4.54. The summed E-state index contributed by atoms with van der Waals surface area (Å²) in [6, 6.07) is 32.7. The molecule has 2 aromatic heterocycles. The zero-order chi connectivity index (χ0) is 20.2. The molecule has 0 fully saturated rings. The SMILES string of the molecule is N#Cc1ccc2c3ccccc3n(-n3c4ccccc4c4ccc(C#N)cc43)c2c1. The highest BCUT2D eigenvalue weighted by Gasteiger charge is 2.18. The van der Waals surface area contributed by atoms with E-state index in [0.717, 1.165) is 43.6 Å². The van der Waals surface area contributed by atoms with Crippen LogP contribution in [0, 0.1) is 22.7 Å². The van der Waals surface area contributed by atoms with Crippen molar-refractivity contribution >= 4 is 43.6 Å². The molecule has 0 unspecified atom stereocenters. The smallest absolute Gasteiger partial charge is 0.0992 e. The molecule has 6 aromatic rings. The molecule has 0 bridgehead atoms. The first-order valence-corrected chi connectivity index (χ1v) is 9.67. The van der Waals surface area contributed by atoms with Gasteiger partial charge in [0.15, 0.2) is 0 Å². The maximum Gasteiger partial charge on any atom is 0.0992 e. The van der Waals surface area contributed by atoms with Gasteiger partial charge in [-0.15, -0.1) is 0 Å². The van der Waals surface area contributed by atoms with Crippen molar-refractivity contribution in [2.45, 2.75) is 0 Å². The molecule has 0 saturated heterocycles. The van der Waals surface area contributed by atoms with Crippen LogP contribution in [0.3, 0.4) is 0 Å². The molecule has 0 aliphatic heterocycles. The molecule has 30 heavy (non-hydrogen) atoms. The predicted molar refractivity (Wildman–Crippen MR) is 119 cm³/mol. The van der Waals surface area contributed by atoms with Crippen LogP contribution in [0.15, 0.2) is 84.9 Å². The van der Waals surface area contributed by atoms with Crippen molar-refractivity contribution in [1.82, 2.24) is 9.35 Å². The van der Waals surface area contributed by atoms with Crippen LogP contribution in [-0.2, 0) is 0 Å². The Morgan fingerprint density at radius 3 is 1.30 bits per heavy atom. The van der Waals surface area contributed by atoms with Gasteiger partial charge in [-0.3, -0.25) is 0 Å². The van der Waals surface area contributed by atoms with Gasteiger partial charge in [-0.05, 0) is 36.4 Å². The van der Waals surface area contributed by atoms with Gasteiger partial charge in [-0.1, -0.05) is 48.5 Å². The van der Waals surface area contributed by atoms with Gasteiger partial charge in [0.1, 0.15) is 0 Å². The number of nitriles is 2. The quantitative estimate of drug-likeness (QED) is 0.352. The Kier molecular flexibility index (Phi) is 3.27. The van der Waals surface area contributed by atoms with E-state index in [9.17, 15) is 10.5 Å². The number of rotatable bonds is 1. The van der Waals surface area contributed by atoms with Crippen LogP contribution < -0.4 is 0 Å². The Balaban J connectivity index is 1.91. The summed E-state index contributed by atoms with van der Waals surface area (Å²) in [5.74, 6) is 0. The molecule has 0 radical (unpaired) electrons. The van der Waals surface area contributed by atoms with E-state index in [4.69, 9.17) is 0 Å². The van der Waals surface area contributed by atoms with E-state index >= 15 is 0 Å². The maximum atomic E-state index is 9.50. The van der Waals surface area contributed by atoms with Gasteiger partial charge in [0.2, 0.25) is 0 Å². The van der Waals surface area contributed by atoms with Gasteiger partial charge in [0, 0.05) is 21.5 Å². The van der Waals surface area contributed by atoms with Crippen LogP contribution in [0.5, 0.6) is 0 Å². The Bertz CT molecular complexity index is 1590. The van der Waals surface area contributed by atoms with Crippen LogP contribution in [0.25, 0.3) is 43.6 Å². The summed E-state index contributed by atoms with van der Waals surface area (Å²) in [7, 11) is 0.